The molecule has 1 aromatic heterocycles. The number of aryl methyl sites for hydroxylation is 1. The Bertz CT molecular complexity index is 646. The van der Waals surface area contributed by atoms with Gasteiger partial charge in [-0.15, -0.1) is 11.3 Å². The lowest BCUT2D eigenvalue weighted by molar-refractivity contribution is -0.121. The zero-order chi connectivity index (χ0) is 16.2. The second-order valence-electron chi connectivity index (χ2n) is 6.24. The van der Waals surface area contributed by atoms with Gasteiger partial charge in [-0.05, 0) is 6.07 Å². The van der Waals surface area contributed by atoms with Gasteiger partial charge in [0.05, 0.1) is 10.7 Å². The van der Waals surface area contributed by atoms with E-state index in [4.69, 9.17) is 0 Å². The number of aromatic nitrogens is 1. The van der Waals surface area contributed by atoms with Gasteiger partial charge in [-0.25, -0.2) is 9.37 Å². The monoisotopic (exact) mass is 320 g/mol. The average molecular weight is 320 g/mol. The number of hydrogen-bond acceptors (Lipinski definition) is 3. The predicted molar refractivity (Wildman–Crippen MR) is 87.4 cm³/mol. The van der Waals surface area contributed by atoms with Crippen LogP contribution in [0.25, 0.3) is 0 Å². The van der Waals surface area contributed by atoms with E-state index in [-0.39, 0.29) is 23.7 Å². The Kier molecular flexibility index (Phi) is 5.29. The number of hydrogen-bond donors (Lipinski definition) is 1. The maximum absolute atomic E-state index is 13.4. The summed E-state index contributed by atoms with van der Waals surface area (Å²) in [4.78, 5) is 16.4. The van der Waals surface area contributed by atoms with Gasteiger partial charge in [0.1, 0.15) is 5.82 Å². The molecular weight excluding hydrogens is 299 g/mol. The van der Waals surface area contributed by atoms with E-state index in [9.17, 15) is 9.18 Å². The third kappa shape index (κ3) is 4.63. The molecule has 118 valence electrons. The fourth-order valence-corrected chi connectivity index (χ4v) is 2.94. The fourth-order valence-electron chi connectivity index (χ4n) is 1.91. The van der Waals surface area contributed by atoms with Crippen molar-refractivity contribution in [2.75, 3.05) is 0 Å². The molecule has 0 aliphatic carbocycles. The maximum atomic E-state index is 13.4. The highest BCUT2D eigenvalue weighted by Gasteiger charge is 2.17. The van der Waals surface area contributed by atoms with Crippen molar-refractivity contribution in [3.8, 4) is 0 Å². The van der Waals surface area contributed by atoms with Gasteiger partial charge >= 0.3 is 0 Å². The molecule has 1 heterocycles. The zero-order valence-electron chi connectivity index (χ0n) is 13.1. The van der Waals surface area contributed by atoms with Crippen LogP contribution in [0.5, 0.6) is 0 Å². The molecule has 0 aliphatic heterocycles. The predicted octanol–water partition coefficient (Wildman–Crippen LogP) is 3.83. The molecule has 0 atom stereocenters. The lowest BCUT2D eigenvalue weighted by Crippen LogP contribution is -2.23. The number of thiazole rings is 1. The summed E-state index contributed by atoms with van der Waals surface area (Å²) in [7, 11) is 0. The number of nitrogens with one attached hydrogen (secondary N) is 1. The third-order valence-electron chi connectivity index (χ3n) is 3.32. The molecule has 0 spiro atoms. The number of amides is 1. The standard InChI is InChI=1S/C17H21FN2OS/c1-17(2,3)14-11-22-16(20-14)9-8-15(21)19-10-12-6-4-5-7-13(12)18/h4-7,11H,8-10H2,1-3H3,(H,19,21). The Morgan fingerprint density at radius 1 is 1.32 bits per heavy atom. The summed E-state index contributed by atoms with van der Waals surface area (Å²) in [6.45, 7) is 6.57. The highest BCUT2D eigenvalue weighted by atomic mass is 32.1. The van der Waals surface area contributed by atoms with Gasteiger partial charge in [0.15, 0.2) is 0 Å². The minimum absolute atomic E-state index is 0.0296. The van der Waals surface area contributed by atoms with E-state index in [0.29, 0.717) is 18.4 Å². The largest absolute Gasteiger partial charge is 0.352 e. The molecule has 1 aromatic carbocycles. The van der Waals surface area contributed by atoms with E-state index in [0.717, 1.165) is 10.7 Å². The van der Waals surface area contributed by atoms with E-state index < -0.39 is 0 Å². The SMILES string of the molecule is CC(C)(C)c1csc(CCC(=O)NCc2ccccc2F)n1. The molecule has 0 saturated heterocycles. The average Bonchev–Trinajstić information content (AvgIpc) is 2.93. The normalized spacial score (nSPS) is 11.5. The van der Waals surface area contributed by atoms with E-state index >= 15 is 0 Å². The summed E-state index contributed by atoms with van der Waals surface area (Å²) in [6.07, 6.45) is 0.982. The molecule has 0 saturated carbocycles. The Morgan fingerprint density at radius 2 is 2.05 bits per heavy atom. The summed E-state index contributed by atoms with van der Waals surface area (Å²) >= 11 is 1.58. The molecule has 1 amide bonds. The van der Waals surface area contributed by atoms with Crippen molar-refractivity contribution >= 4 is 17.2 Å². The van der Waals surface area contributed by atoms with Crippen molar-refractivity contribution < 1.29 is 9.18 Å². The summed E-state index contributed by atoms with van der Waals surface area (Å²) in [5.74, 6) is -0.381. The fraction of sp³-hybridized carbons (Fsp3) is 0.412. The van der Waals surface area contributed by atoms with Gasteiger partial charge in [-0.2, -0.15) is 0 Å². The van der Waals surface area contributed by atoms with Gasteiger partial charge in [0.2, 0.25) is 5.91 Å². The van der Waals surface area contributed by atoms with Crippen LogP contribution in [0.15, 0.2) is 29.6 Å². The minimum atomic E-state index is -0.294. The first-order valence-corrected chi connectivity index (χ1v) is 8.19. The zero-order valence-corrected chi connectivity index (χ0v) is 14.0. The summed E-state index contributed by atoms with van der Waals surface area (Å²) in [5, 5.41) is 5.76. The van der Waals surface area contributed by atoms with Crippen LogP contribution in [-0.4, -0.2) is 10.9 Å². The molecule has 5 heteroatoms. The molecule has 0 aliphatic rings. The van der Waals surface area contributed by atoms with E-state index in [2.05, 4.69) is 31.1 Å². The second-order valence-corrected chi connectivity index (χ2v) is 7.19. The first kappa shape index (κ1) is 16.6. The highest BCUT2D eigenvalue weighted by molar-refractivity contribution is 7.09. The smallest absolute Gasteiger partial charge is 0.220 e. The van der Waals surface area contributed by atoms with Crippen LogP contribution in [0.3, 0.4) is 0 Å². The van der Waals surface area contributed by atoms with E-state index in [1.165, 1.54) is 6.07 Å². The molecule has 0 fully saturated rings. The van der Waals surface area contributed by atoms with Crippen molar-refractivity contribution in [2.45, 2.75) is 45.6 Å². The van der Waals surface area contributed by atoms with E-state index in [1.54, 1.807) is 29.5 Å². The molecule has 2 aromatic rings. The van der Waals surface area contributed by atoms with Crippen LogP contribution >= 0.6 is 11.3 Å². The van der Waals surface area contributed by atoms with Crippen molar-refractivity contribution in [3.05, 3.63) is 51.7 Å². The van der Waals surface area contributed by atoms with Gasteiger partial charge in [0.25, 0.3) is 0 Å². The molecule has 0 radical (unpaired) electrons. The summed E-state index contributed by atoms with van der Waals surface area (Å²) in [5.41, 5.74) is 1.58. The van der Waals surface area contributed by atoms with Gasteiger partial charge in [-0.3, -0.25) is 4.79 Å². The van der Waals surface area contributed by atoms with Crippen LogP contribution in [0.2, 0.25) is 0 Å². The Balaban J connectivity index is 1.81. The molecule has 22 heavy (non-hydrogen) atoms. The van der Waals surface area contributed by atoms with Crippen LogP contribution < -0.4 is 5.32 Å². The van der Waals surface area contributed by atoms with Crippen molar-refractivity contribution in [1.29, 1.82) is 0 Å². The third-order valence-corrected chi connectivity index (χ3v) is 4.23. The van der Waals surface area contributed by atoms with Crippen molar-refractivity contribution in [2.24, 2.45) is 0 Å². The van der Waals surface area contributed by atoms with Crippen LogP contribution in [0, 0.1) is 5.82 Å². The number of benzene rings is 1. The lowest BCUT2D eigenvalue weighted by Gasteiger charge is -2.14. The quantitative estimate of drug-likeness (QED) is 0.910. The second kappa shape index (κ2) is 7.01. The minimum Gasteiger partial charge on any atom is -0.352 e. The van der Waals surface area contributed by atoms with Crippen LogP contribution in [-0.2, 0) is 23.2 Å². The van der Waals surface area contributed by atoms with Gasteiger partial charge in [-0.1, -0.05) is 39.0 Å². The first-order valence-electron chi connectivity index (χ1n) is 7.31. The highest BCUT2D eigenvalue weighted by Crippen LogP contribution is 2.24. The molecule has 3 nitrogen and oxygen atoms in total. The molecule has 0 unspecified atom stereocenters. The summed E-state index contributed by atoms with van der Waals surface area (Å²) in [6, 6.07) is 6.46. The Morgan fingerprint density at radius 3 is 2.68 bits per heavy atom. The lowest BCUT2D eigenvalue weighted by atomic mass is 9.93. The Labute approximate surface area is 134 Å². The number of rotatable bonds is 5. The van der Waals surface area contributed by atoms with Crippen LogP contribution in [0.4, 0.5) is 4.39 Å². The molecule has 1 N–H and O–H groups in total. The maximum Gasteiger partial charge on any atom is 0.220 e. The van der Waals surface area contributed by atoms with Crippen molar-refractivity contribution in [1.82, 2.24) is 10.3 Å². The van der Waals surface area contributed by atoms with Crippen molar-refractivity contribution in [3.63, 3.8) is 0 Å². The first-order chi connectivity index (χ1) is 10.4. The Hall–Kier alpha value is -1.75. The number of carbonyl (C=O) groups is 1. The molecule has 2 rings (SSSR count). The van der Waals surface area contributed by atoms with Crippen LogP contribution in [0.1, 0.15) is 43.5 Å². The molecular formula is C17H21FN2OS. The molecule has 0 bridgehead atoms. The topological polar surface area (TPSA) is 42.0 Å². The van der Waals surface area contributed by atoms with Gasteiger partial charge < -0.3 is 5.32 Å². The summed E-state index contributed by atoms with van der Waals surface area (Å²) < 4.78 is 13.4. The number of nitrogens with zero attached hydrogens (tertiary/aromatic N) is 1. The van der Waals surface area contributed by atoms with Gasteiger partial charge in [0, 0.05) is 35.7 Å². The van der Waals surface area contributed by atoms with E-state index in [1.807, 2.05) is 5.38 Å². The number of carbonyl (C=O) groups excluding carboxylic acids is 1. The number of halogens is 1.